The largest absolute Gasteiger partial charge is 0.490 e. The summed E-state index contributed by atoms with van der Waals surface area (Å²) < 4.78 is 11.1. The molecule has 0 heterocycles. The van der Waals surface area contributed by atoms with Crippen molar-refractivity contribution in [3.05, 3.63) is 60.2 Å². The fraction of sp³-hybridized carbons (Fsp3) is 0.294. The Balaban J connectivity index is 1.74. The van der Waals surface area contributed by atoms with E-state index in [4.69, 9.17) is 9.47 Å². The van der Waals surface area contributed by atoms with Gasteiger partial charge >= 0.3 is 0 Å². The molecule has 0 bridgehead atoms. The molecule has 0 spiro atoms. The first-order valence-electron chi connectivity index (χ1n) is 6.88. The van der Waals surface area contributed by atoms with Crippen molar-refractivity contribution in [2.75, 3.05) is 13.2 Å². The van der Waals surface area contributed by atoms with Crippen LogP contribution in [0.3, 0.4) is 0 Å². The van der Waals surface area contributed by atoms with E-state index in [1.807, 2.05) is 61.5 Å². The zero-order valence-electron chi connectivity index (χ0n) is 11.7. The molecule has 1 N–H and O–H groups in total. The molecule has 0 aliphatic carbocycles. The predicted molar refractivity (Wildman–Crippen MR) is 79.1 cm³/mol. The number of benzene rings is 2. The average Bonchev–Trinajstić information content (AvgIpc) is 2.52. The smallest absolute Gasteiger partial charge is 0.122 e. The molecule has 0 saturated heterocycles. The molecule has 0 aliphatic heterocycles. The number of para-hydroxylation sites is 1. The van der Waals surface area contributed by atoms with Gasteiger partial charge in [-0.1, -0.05) is 37.3 Å². The third-order valence-electron chi connectivity index (χ3n) is 3.02. The lowest BCUT2D eigenvalue weighted by atomic mass is 10.1. The molecule has 0 amide bonds. The second-order valence-electron chi connectivity index (χ2n) is 4.50. The molecular formula is C17H20O3. The Bertz CT molecular complexity index is 493. The first-order valence-corrected chi connectivity index (χ1v) is 6.88. The second kappa shape index (κ2) is 7.56. The van der Waals surface area contributed by atoms with Gasteiger partial charge in [-0.15, -0.1) is 0 Å². The molecule has 20 heavy (non-hydrogen) atoms. The van der Waals surface area contributed by atoms with Gasteiger partial charge in [-0.25, -0.2) is 0 Å². The summed E-state index contributed by atoms with van der Waals surface area (Å²) in [5.74, 6) is 1.63. The molecule has 0 unspecified atom stereocenters. The Morgan fingerprint density at radius 1 is 0.850 bits per heavy atom. The summed E-state index contributed by atoms with van der Waals surface area (Å²) in [4.78, 5) is 0. The Morgan fingerprint density at radius 2 is 1.40 bits per heavy atom. The molecule has 3 heteroatoms. The summed E-state index contributed by atoms with van der Waals surface area (Å²) in [6.07, 6.45) is 0.316. The van der Waals surface area contributed by atoms with Crippen LogP contribution in [0.4, 0.5) is 0 Å². The molecule has 2 aromatic rings. The van der Waals surface area contributed by atoms with Crippen LogP contribution in [-0.4, -0.2) is 18.3 Å². The molecular weight excluding hydrogens is 252 g/mol. The van der Waals surface area contributed by atoms with Crippen LogP contribution in [0, 0.1) is 0 Å². The van der Waals surface area contributed by atoms with Crippen molar-refractivity contribution in [1.82, 2.24) is 0 Å². The Labute approximate surface area is 119 Å². The van der Waals surface area contributed by atoms with Gasteiger partial charge in [-0.3, -0.25) is 0 Å². The minimum atomic E-state index is -0.398. The zero-order chi connectivity index (χ0) is 14.2. The molecule has 2 rings (SSSR count). The highest BCUT2D eigenvalue weighted by Crippen LogP contribution is 2.19. The van der Waals surface area contributed by atoms with Gasteiger partial charge < -0.3 is 14.6 Å². The van der Waals surface area contributed by atoms with Gasteiger partial charge in [0.05, 0.1) is 6.10 Å². The highest BCUT2D eigenvalue weighted by atomic mass is 16.5. The fourth-order valence-corrected chi connectivity index (χ4v) is 1.86. The molecule has 106 valence electrons. The number of rotatable bonds is 7. The van der Waals surface area contributed by atoms with E-state index in [0.717, 1.165) is 17.1 Å². The second-order valence-corrected chi connectivity index (χ2v) is 4.50. The summed E-state index contributed by atoms with van der Waals surface area (Å²) >= 11 is 0. The van der Waals surface area contributed by atoms with E-state index in [1.165, 1.54) is 0 Å². The highest BCUT2D eigenvalue weighted by molar-refractivity contribution is 5.28. The Morgan fingerprint density at radius 3 is 1.95 bits per heavy atom. The van der Waals surface area contributed by atoms with Crippen LogP contribution < -0.4 is 9.47 Å². The van der Waals surface area contributed by atoms with Gasteiger partial charge in [0.15, 0.2) is 0 Å². The first-order chi connectivity index (χ1) is 9.79. The number of aliphatic hydroxyl groups is 1. The summed E-state index contributed by atoms with van der Waals surface area (Å²) in [5, 5.41) is 9.70. The number of hydrogen-bond acceptors (Lipinski definition) is 3. The third kappa shape index (κ3) is 4.28. The molecule has 0 aliphatic rings. The lowest BCUT2D eigenvalue weighted by Gasteiger charge is -2.10. The van der Waals surface area contributed by atoms with Gasteiger partial charge in [0, 0.05) is 0 Å². The maximum Gasteiger partial charge on any atom is 0.122 e. The molecule has 1 atom stereocenters. The molecule has 0 radical (unpaired) electrons. The summed E-state index contributed by atoms with van der Waals surface area (Å²) in [6, 6.07) is 17.2. The van der Waals surface area contributed by atoms with Crippen LogP contribution >= 0.6 is 0 Å². The number of ether oxygens (including phenoxy) is 2. The van der Waals surface area contributed by atoms with Gasteiger partial charge in [-0.05, 0) is 36.2 Å². The zero-order valence-corrected chi connectivity index (χ0v) is 11.7. The lowest BCUT2D eigenvalue weighted by Crippen LogP contribution is -2.09. The van der Waals surface area contributed by atoms with E-state index in [1.54, 1.807) is 0 Å². The van der Waals surface area contributed by atoms with Crippen LogP contribution in [-0.2, 0) is 0 Å². The average molecular weight is 272 g/mol. The Kier molecular flexibility index (Phi) is 5.44. The van der Waals surface area contributed by atoms with Crippen LogP contribution in [0.25, 0.3) is 0 Å². The number of aliphatic hydroxyl groups excluding tert-OH is 1. The van der Waals surface area contributed by atoms with Crippen LogP contribution in [0.5, 0.6) is 11.5 Å². The van der Waals surface area contributed by atoms with Crippen molar-refractivity contribution in [3.63, 3.8) is 0 Å². The van der Waals surface area contributed by atoms with Gasteiger partial charge in [-0.2, -0.15) is 0 Å². The monoisotopic (exact) mass is 272 g/mol. The standard InChI is InChI=1S/C17H20O3/c1-2-17(18)14-8-10-16(11-9-14)20-13-12-19-15-6-4-3-5-7-15/h3-11,17-18H,2,12-13H2,1H3/t17-/m0/s1. The van der Waals surface area contributed by atoms with E-state index >= 15 is 0 Å². The van der Waals surface area contributed by atoms with E-state index in [-0.39, 0.29) is 0 Å². The Hall–Kier alpha value is -2.00. The van der Waals surface area contributed by atoms with Crippen LogP contribution in [0.15, 0.2) is 54.6 Å². The molecule has 0 saturated carbocycles. The summed E-state index contributed by atoms with van der Waals surface area (Å²) in [7, 11) is 0. The van der Waals surface area contributed by atoms with Crippen molar-refractivity contribution in [2.45, 2.75) is 19.4 Å². The lowest BCUT2D eigenvalue weighted by molar-refractivity contribution is 0.173. The van der Waals surface area contributed by atoms with Gasteiger partial charge in [0.2, 0.25) is 0 Å². The van der Waals surface area contributed by atoms with E-state index in [2.05, 4.69) is 0 Å². The van der Waals surface area contributed by atoms with Crippen molar-refractivity contribution in [1.29, 1.82) is 0 Å². The minimum absolute atomic E-state index is 0.398. The SMILES string of the molecule is CC[C@H](O)c1ccc(OCCOc2ccccc2)cc1. The van der Waals surface area contributed by atoms with Crippen molar-refractivity contribution in [2.24, 2.45) is 0 Å². The summed E-state index contributed by atoms with van der Waals surface area (Å²) in [5.41, 5.74) is 0.917. The number of hydrogen-bond donors (Lipinski definition) is 1. The van der Waals surface area contributed by atoms with E-state index < -0.39 is 6.10 Å². The quantitative estimate of drug-likeness (QED) is 0.783. The van der Waals surface area contributed by atoms with Crippen molar-refractivity contribution in [3.8, 4) is 11.5 Å². The van der Waals surface area contributed by atoms with Crippen LogP contribution in [0.1, 0.15) is 25.0 Å². The first kappa shape index (κ1) is 14.4. The normalized spacial score (nSPS) is 11.9. The van der Waals surface area contributed by atoms with Crippen molar-refractivity contribution >= 4 is 0 Å². The topological polar surface area (TPSA) is 38.7 Å². The predicted octanol–water partition coefficient (Wildman–Crippen LogP) is 3.59. The summed E-state index contributed by atoms with van der Waals surface area (Å²) in [6.45, 7) is 2.95. The highest BCUT2D eigenvalue weighted by Gasteiger charge is 2.04. The fourth-order valence-electron chi connectivity index (χ4n) is 1.86. The third-order valence-corrected chi connectivity index (χ3v) is 3.02. The van der Waals surface area contributed by atoms with Gasteiger partial charge in [0.1, 0.15) is 24.7 Å². The molecule has 0 fully saturated rings. The maximum absolute atomic E-state index is 9.70. The molecule has 3 nitrogen and oxygen atoms in total. The van der Waals surface area contributed by atoms with Crippen LogP contribution in [0.2, 0.25) is 0 Å². The van der Waals surface area contributed by atoms with Crippen molar-refractivity contribution < 1.29 is 14.6 Å². The maximum atomic E-state index is 9.70. The van der Waals surface area contributed by atoms with Gasteiger partial charge in [0.25, 0.3) is 0 Å². The minimum Gasteiger partial charge on any atom is -0.490 e. The van der Waals surface area contributed by atoms with E-state index in [9.17, 15) is 5.11 Å². The molecule has 2 aromatic carbocycles. The molecule has 0 aromatic heterocycles. The van der Waals surface area contributed by atoms with E-state index in [0.29, 0.717) is 19.6 Å².